The molecule has 3 amide bonds. The first-order valence-electron chi connectivity index (χ1n) is 14.1. The number of carbonyl (C=O) groups is 3. The van der Waals surface area contributed by atoms with Gasteiger partial charge in [-0.25, -0.2) is 0 Å². The van der Waals surface area contributed by atoms with Crippen molar-refractivity contribution in [2.75, 3.05) is 30.4 Å². The summed E-state index contributed by atoms with van der Waals surface area (Å²) >= 11 is 10.0. The lowest BCUT2D eigenvalue weighted by atomic mass is 9.70. The zero-order chi connectivity index (χ0) is 29.1. The van der Waals surface area contributed by atoms with Gasteiger partial charge in [0.15, 0.2) is 0 Å². The van der Waals surface area contributed by atoms with Crippen LogP contribution in [0.5, 0.6) is 5.75 Å². The minimum Gasteiger partial charge on any atom is -0.494 e. The molecule has 41 heavy (non-hydrogen) atoms. The van der Waals surface area contributed by atoms with E-state index in [-0.39, 0.29) is 23.2 Å². The van der Waals surface area contributed by atoms with E-state index in [1.165, 1.54) is 0 Å². The van der Waals surface area contributed by atoms with Gasteiger partial charge in [0.05, 0.1) is 35.3 Å². The Morgan fingerprint density at radius 3 is 2.54 bits per heavy atom. The lowest BCUT2D eigenvalue weighted by Crippen LogP contribution is -2.54. The predicted octanol–water partition coefficient (Wildman–Crippen LogP) is 4.62. The van der Waals surface area contributed by atoms with Crippen molar-refractivity contribution in [3.63, 3.8) is 0 Å². The molecular formula is C30H35BrClN3O6. The first-order chi connectivity index (χ1) is 19.8. The highest BCUT2D eigenvalue weighted by atomic mass is 79.9. The van der Waals surface area contributed by atoms with Crippen LogP contribution in [0.15, 0.2) is 48.5 Å². The van der Waals surface area contributed by atoms with Gasteiger partial charge in [0.1, 0.15) is 17.4 Å². The van der Waals surface area contributed by atoms with Crippen LogP contribution in [0.2, 0.25) is 5.02 Å². The molecule has 6 atom stereocenters. The molecular weight excluding hydrogens is 614 g/mol. The van der Waals surface area contributed by atoms with E-state index in [2.05, 4.69) is 26.6 Å². The number of anilines is 2. The smallest absolute Gasteiger partial charge is 0.250 e. The van der Waals surface area contributed by atoms with Crippen LogP contribution in [-0.2, 0) is 19.1 Å². The average molecular weight is 649 g/mol. The van der Waals surface area contributed by atoms with E-state index in [9.17, 15) is 14.4 Å². The number of unbranched alkanes of at least 4 members (excludes halogenated alkanes) is 3. The number of ether oxygens (including phenoxy) is 2. The van der Waals surface area contributed by atoms with Gasteiger partial charge in [-0.3, -0.25) is 14.4 Å². The summed E-state index contributed by atoms with van der Waals surface area (Å²) in [6.07, 6.45) is 2.82. The lowest BCUT2D eigenvalue weighted by Gasteiger charge is -2.34. The molecule has 2 aromatic rings. The molecule has 3 aliphatic heterocycles. The summed E-state index contributed by atoms with van der Waals surface area (Å²) in [6.45, 7) is 2.89. The molecule has 3 saturated heterocycles. The third-order valence-corrected chi connectivity index (χ3v) is 9.39. The summed E-state index contributed by atoms with van der Waals surface area (Å²) in [4.78, 5) is 43.2. The number of hydrogen-bond acceptors (Lipinski definition) is 6. The number of benzene rings is 2. The van der Waals surface area contributed by atoms with Crippen molar-refractivity contribution in [2.45, 2.75) is 61.6 Å². The van der Waals surface area contributed by atoms with Crippen LogP contribution in [0.4, 0.5) is 11.4 Å². The van der Waals surface area contributed by atoms with Crippen molar-refractivity contribution >= 4 is 56.6 Å². The second kappa shape index (κ2) is 12.7. The standard InChI is InChI=1S/C30H35BrClN3O6/c1-2-40-19-13-11-18(12-14-19)33-27(37)23-24-29(39)35(15-7-3-4-8-16-36)26(30(24)17-20(31)25(23)41-30)28(38)34-22-10-6-5-9-21(22)32/h5-6,9-14,20,23-26,36H,2-4,7-8,15-17H2,1H3,(H,33,37)(H,34,38)/t20?,23-,24-,25-,26?,30?/m0/s1. The summed E-state index contributed by atoms with van der Waals surface area (Å²) in [6, 6.07) is 13.1. The van der Waals surface area contributed by atoms with Gasteiger partial charge in [0.25, 0.3) is 0 Å². The maximum absolute atomic E-state index is 14.1. The number of alkyl halides is 1. The number of nitrogens with zero attached hydrogens (tertiary/aromatic N) is 1. The zero-order valence-electron chi connectivity index (χ0n) is 22.9. The number of nitrogens with one attached hydrogen (secondary N) is 2. The van der Waals surface area contributed by atoms with Gasteiger partial charge in [-0.2, -0.15) is 0 Å². The molecule has 2 aromatic carbocycles. The van der Waals surface area contributed by atoms with Crippen molar-refractivity contribution < 1.29 is 29.0 Å². The zero-order valence-corrected chi connectivity index (χ0v) is 25.2. The SMILES string of the molecule is CCOc1ccc(NC(=O)[C@H]2[C@H]3C(=O)N(CCCCCCO)C(C(=O)Nc4ccccc4Cl)C34CC(Br)[C@@H]2O4)cc1. The second-order valence-electron chi connectivity index (χ2n) is 10.7. The van der Waals surface area contributed by atoms with Gasteiger partial charge in [0, 0.05) is 23.7 Å². The number of rotatable bonds is 12. The minimum atomic E-state index is -1.16. The highest BCUT2D eigenvalue weighted by molar-refractivity contribution is 9.09. The van der Waals surface area contributed by atoms with Crippen LogP contribution in [0.3, 0.4) is 0 Å². The number of aliphatic hydroxyl groups is 1. The van der Waals surface area contributed by atoms with Gasteiger partial charge in [-0.1, -0.05) is 52.5 Å². The number of para-hydroxylation sites is 1. The maximum atomic E-state index is 14.1. The summed E-state index contributed by atoms with van der Waals surface area (Å²) in [5.41, 5.74) is -0.129. The molecule has 3 aliphatic rings. The van der Waals surface area contributed by atoms with Crippen molar-refractivity contribution in [2.24, 2.45) is 11.8 Å². The van der Waals surface area contributed by atoms with Crippen LogP contribution in [0, 0.1) is 11.8 Å². The lowest BCUT2D eigenvalue weighted by molar-refractivity contribution is -0.139. The Morgan fingerprint density at radius 1 is 1.10 bits per heavy atom. The molecule has 220 valence electrons. The van der Waals surface area contributed by atoms with Crippen molar-refractivity contribution in [1.29, 1.82) is 0 Å². The number of likely N-dealkylation sites (tertiary alicyclic amines) is 1. The quantitative estimate of drug-likeness (QED) is 0.229. The Balaban J connectivity index is 1.42. The molecule has 9 nitrogen and oxygen atoms in total. The Morgan fingerprint density at radius 2 is 1.83 bits per heavy atom. The molecule has 3 heterocycles. The van der Waals surface area contributed by atoms with E-state index in [4.69, 9.17) is 26.2 Å². The van der Waals surface area contributed by atoms with Gasteiger partial charge in [-0.05, 0) is 62.6 Å². The molecule has 1 spiro atoms. The summed E-state index contributed by atoms with van der Waals surface area (Å²) in [5.74, 6) is -1.84. The van der Waals surface area contributed by atoms with Crippen molar-refractivity contribution in [3.05, 3.63) is 53.6 Å². The van der Waals surface area contributed by atoms with Crippen LogP contribution < -0.4 is 15.4 Å². The fourth-order valence-corrected chi connectivity index (χ4v) is 7.63. The fraction of sp³-hybridized carbons (Fsp3) is 0.500. The average Bonchev–Trinajstić information content (AvgIpc) is 3.54. The molecule has 3 N–H and O–H groups in total. The third-order valence-electron chi connectivity index (χ3n) is 8.21. The Kier molecular flexibility index (Phi) is 9.23. The van der Waals surface area contributed by atoms with Crippen molar-refractivity contribution in [1.82, 2.24) is 4.90 Å². The fourth-order valence-electron chi connectivity index (χ4n) is 6.51. The van der Waals surface area contributed by atoms with Gasteiger partial charge in [0.2, 0.25) is 17.7 Å². The number of hydrogen-bond donors (Lipinski definition) is 3. The van der Waals surface area contributed by atoms with Crippen LogP contribution in [0.25, 0.3) is 0 Å². The first-order valence-corrected chi connectivity index (χ1v) is 15.4. The topological polar surface area (TPSA) is 117 Å². The van der Waals surface area contributed by atoms with E-state index in [1.54, 1.807) is 53.4 Å². The molecule has 3 unspecified atom stereocenters. The first kappa shape index (κ1) is 29.8. The number of carbonyl (C=O) groups excluding carboxylic acids is 3. The van der Waals surface area contributed by atoms with E-state index < -0.39 is 35.5 Å². The third kappa shape index (κ3) is 5.71. The minimum absolute atomic E-state index is 0.115. The number of amides is 3. The monoisotopic (exact) mass is 647 g/mol. The molecule has 3 fully saturated rings. The maximum Gasteiger partial charge on any atom is 0.250 e. The van der Waals surface area contributed by atoms with E-state index >= 15 is 0 Å². The van der Waals surface area contributed by atoms with Crippen molar-refractivity contribution in [3.8, 4) is 5.75 Å². The van der Waals surface area contributed by atoms with Crippen LogP contribution >= 0.6 is 27.5 Å². The molecule has 0 aromatic heterocycles. The predicted molar refractivity (Wildman–Crippen MR) is 159 cm³/mol. The molecule has 2 bridgehead atoms. The van der Waals surface area contributed by atoms with E-state index in [1.807, 2.05) is 6.92 Å². The normalized spacial score (nSPS) is 28.0. The number of halogens is 2. The highest BCUT2D eigenvalue weighted by Gasteiger charge is 2.76. The second-order valence-corrected chi connectivity index (χ2v) is 12.3. The molecule has 0 aliphatic carbocycles. The number of fused-ring (bicyclic) bond motifs is 1. The largest absolute Gasteiger partial charge is 0.494 e. The Bertz CT molecular complexity index is 1280. The molecule has 0 radical (unpaired) electrons. The molecule has 5 rings (SSSR count). The van der Waals surface area contributed by atoms with E-state index in [0.29, 0.717) is 54.6 Å². The Labute approximate surface area is 253 Å². The molecule has 11 heteroatoms. The summed E-state index contributed by atoms with van der Waals surface area (Å²) in [5, 5.41) is 15.4. The van der Waals surface area contributed by atoms with E-state index in [0.717, 1.165) is 12.8 Å². The molecule has 0 saturated carbocycles. The number of aliphatic hydroxyl groups excluding tert-OH is 1. The Hall–Kier alpha value is -2.66. The van der Waals surface area contributed by atoms with Crippen LogP contribution in [0.1, 0.15) is 39.0 Å². The van der Waals surface area contributed by atoms with Gasteiger partial charge >= 0.3 is 0 Å². The highest BCUT2D eigenvalue weighted by Crippen LogP contribution is 2.60. The van der Waals surface area contributed by atoms with Gasteiger partial charge < -0.3 is 30.1 Å². The summed E-state index contributed by atoms with van der Waals surface area (Å²) < 4.78 is 12.0. The summed E-state index contributed by atoms with van der Waals surface area (Å²) in [7, 11) is 0. The van der Waals surface area contributed by atoms with Gasteiger partial charge in [-0.15, -0.1) is 0 Å². The van der Waals surface area contributed by atoms with Crippen LogP contribution in [-0.4, -0.2) is 70.1 Å².